The Balaban J connectivity index is 2.92. The molecule has 0 fully saturated rings. The van der Waals surface area contributed by atoms with Crippen LogP contribution in [-0.2, 0) is 16.3 Å². The smallest absolute Gasteiger partial charge is 0.154 e. The molecule has 0 amide bonds. The fourth-order valence-corrected chi connectivity index (χ4v) is 2.80. The molecule has 1 N–H and O–H groups in total. The van der Waals surface area contributed by atoms with Gasteiger partial charge in [-0.3, -0.25) is 4.68 Å². The van der Waals surface area contributed by atoms with E-state index in [2.05, 4.69) is 24.3 Å². The fourth-order valence-electron chi connectivity index (χ4n) is 2.08. The summed E-state index contributed by atoms with van der Waals surface area (Å²) in [6, 6.07) is 2.16. The van der Waals surface area contributed by atoms with Crippen molar-refractivity contribution in [2.75, 3.05) is 13.3 Å². The maximum Gasteiger partial charge on any atom is 0.154 e. The summed E-state index contributed by atoms with van der Waals surface area (Å²) < 4.78 is 25.0. The van der Waals surface area contributed by atoms with E-state index in [-0.39, 0.29) is 6.04 Å². The number of nitrogens with zero attached hydrogens (tertiary/aromatic N) is 2. The van der Waals surface area contributed by atoms with Crippen LogP contribution in [0.15, 0.2) is 12.3 Å². The molecule has 1 heterocycles. The van der Waals surface area contributed by atoms with Crippen LogP contribution in [0.1, 0.15) is 45.9 Å². The van der Waals surface area contributed by atoms with Crippen molar-refractivity contribution in [3.8, 4) is 0 Å². The minimum absolute atomic E-state index is 0.169. The molecule has 116 valence electrons. The van der Waals surface area contributed by atoms with E-state index in [0.29, 0.717) is 12.5 Å². The molecule has 0 aliphatic heterocycles. The molecule has 0 aliphatic carbocycles. The molecule has 0 bridgehead atoms. The van der Waals surface area contributed by atoms with Crippen molar-refractivity contribution in [3.63, 3.8) is 0 Å². The summed E-state index contributed by atoms with van der Waals surface area (Å²) in [4.78, 5) is 0. The number of hydrogen-bond donors (Lipinski definition) is 1. The van der Waals surface area contributed by atoms with Gasteiger partial charge in [-0.25, -0.2) is 8.42 Å². The molecule has 20 heavy (non-hydrogen) atoms. The van der Waals surface area contributed by atoms with Gasteiger partial charge in [0.25, 0.3) is 0 Å². The predicted molar refractivity (Wildman–Crippen MR) is 82.7 cm³/mol. The summed E-state index contributed by atoms with van der Waals surface area (Å²) in [7, 11) is -1.35. The van der Waals surface area contributed by atoms with Crippen molar-refractivity contribution in [1.29, 1.82) is 0 Å². The van der Waals surface area contributed by atoms with Gasteiger partial charge in [0.2, 0.25) is 0 Å². The molecule has 6 heteroatoms. The van der Waals surface area contributed by atoms with Crippen LogP contribution in [0.3, 0.4) is 0 Å². The minimum atomic E-state index is -3.15. The van der Waals surface area contributed by atoms with Gasteiger partial charge in [0.1, 0.15) is 0 Å². The normalized spacial score (nSPS) is 16.1. The van der Waals surface area contributed by atoms with Crippen LogP contribution in [0.5, 0.6) is 0 Å². The molecule has 1 aromatic heterocycles. The lowest BCUT2D eigenvalue weighted by atomic mass is 9.98. The second-order valence-electron chi connectivity index (χ2n) is 5.97. The zero-order chi connectivity index (χ0) is 15.6. The van der Waals surface area contributed by atoms with Crippen molar-refractivity contribution in [1.82, 2.24) is 15.1 Å². The molecular weight excluding hydrogens is 274 g/mol. The van der Waals surface area contributed by atoms with E-state index in [4.69, 9.17) is 0 Å². The predicted octanol–water partition coefficient (Wildman–Crippen LogP) is 1.81. The highest BCUT2D eigenvalue weighted by atomic mass is 32.2. The van der Waals surface area contributed by atoms with Crippen molar-refractivity contribution in [3.05, 3.63) is 18.0 Å². The first-order chi connectivity index (χ1) is 9.13. The molecule has 2 unspecified atom stereocenters. The zero-order valence-electron chi connectivity index (χ0n) is 13.3. The van der Waals surface area contributed by atoms with Gasteiger partial charge >= 0.3 is 0 Å². The number of aromatic nitrogens is 2. The van der Waals surface area contributed by atoms with Crippen LogP contribution in [0, 0.1) is 0 Å². The number of likely N-dealkylation sites (N-methyl/N-ethyl adjacent to an activating group) is 1. The number of hydrogen-bond acceptors (Lipinski definition) is 4. The number of nitrogens with one attached hydrogen (secondary N) is 1. The summed E-state index contributed by atoms with van der Waals surface area (Å²) in [6.07, 6.45) is 4.87. The fraction of sp³-hybridized carbons (Fsp3) is 0.786. The monoisotopic (exact) mass is 301 g/mol. The lowest BCUT2D eigenvalue weighted by Crippen LogP contribution is -2.51. The second kappa shape index (κ2) is 6.26. The third-order valence-corrected chi connectivity index (χ3v) is 6.46. The molecule has 2 atom stereocenters. The van der Waals surface area contributed by atoms with Gasteiger partial charge in [-0.05, 0) is 40.3 Å². The van der Waals surface area contributed by atoms with Gasteiger partial charge in [0.05, 0.1) is 10.4 Å². The van der Waals surface area contributed by atoms with Gasteiger partial charge in [-0.1, -0.05) is 6.92 Å². The molecule has 1 rings (SSSR count). The molecule has 1 aromatic rings. The van der Waals surface area contributed by atoms with Crippen LogP contribution in [-0.4, -0.2) is 42.3 Å². The number of sulfone groups is 1. The first-order valence-corrected chi connectivity index (χ1v) is 8.93. The Kier molecular flexibility index (Phi) is 5.38. The van der Waals surface area contributed by atoms with E-state index in [0.717, 1.165) is 12.1 Å². The maximum atomic E-state index is 11.9. The maximum absolute atomic E-state index is 11.9. The van der Waals surface area contributed by atoms with E-state index in [1.54, 1.807) is 20.9 Å². The minimum Gasteiger partial charge on any atom is -0.315 e. The van der Waals surface area contributed by atoms with Gasteiger partial charge in [0, 0.05) is 31.0 Å². The van der Waals surface area contributed by atoms with Gasteiger partial charge in [0.15, 0.2) is 9.84 Å². The Morgan fingerprint density at radius 2 is 2.05 bits per heavy atom. The molecular formula is C14H27N3O2S. The first kappa shape index (κ1) is 17.2. The average molecular weight is 301 g/mol. The summed E-state index contributed by atoms with van der Waals surface area (Å²) >= 11 is 0. The molecule has 0 aromatic carbocycles. The van der Waals surface area contributed by atoms with Crippen molar-refractivity contribution >= 4 is 9.84 Å². The molecule has 0 saturated carbocycles. The summed E-state index contributed by atoms with van der Waals surface area (Å²) in [5.41, 5.74) is 0.918. The van der Waals surface area contributed by atoms with E-state index in [1.165, 1.54) is 6.26 Å². The Morgan fingerprint density at radius 3 is 2.50 bits per heavy atom. The second-order valence-corrected chi connectivity index (χ2v) is 8.56. The first-order valence-electron chi connectivity index (χ1n) is 7.04. The lowest BCUT2D eigenvalue weighted by molar-refractivity contribution is 0.421. The summed E-state index contributed by atoms with van der Waals surface area (Å²) in [5, 5.41) is 7.67. The van der Waals surface area contributed by atoms with Gasteiger partial charge in [-0.15, -0.1) is 0 Å². The zero-order valence-corrected chi connectivity index (χ0v) is 14.2. The SMILES string of the molecule is CCC(C)n1ccc(CC(NC)C(C)(C)S(C)(=O)=O)n1. The highest BCUT2D eigenvalue weighted by molar-refractivity contribution is 7.92. The Morgan fingerprint density at radius 1 is 1.45 bits per heavy atom. The Bertz CT molecular complexity index is 534. The third-order valence-electron chi connectivity index (χ3n) is 4.26. The van der Waals surface area contributed by atoms with Crippen molar-refractivity contribution < 1.29 is 8.42 Å². The quantitative estimate of drug-likeness (QED) is 0.834. The summed E-state index contributed by atoms with van der Waals surface area (Å²) in [5.74, 6) is 0. The molecule has 5 nitrogen and oxygen atoms in total. The standard InChI is InChI=1S/C14H27N3O2S/c1-7-11(2)17-9-8-12(16-17)10-13(15-5)14(3,4)20(6,18)19/h8-9,11,13,15H,7,10H2,1-6H3. The number of rotatable bonds is 7. The Hall–Kier alpha value is -0.880. The topological polar surface area (TPSA) is 64.0 Å². The lowest BCUT2D eigenvalue weighted by Gasteiger charge is -2.32. The molecule has 0 saturated heterocycles. The average Bonchev–Trinajstić information content (AvgIpc) is 2.81. The van der Waals surface area contributed by atoms with Crippen molar-refractivity contribution in [2.24, 2.45) is 0 Å². The van der Waals surface area contributed by atoms with Crippen LogP contribution < -0.4 is 5.32 Å². The van der Waals surface area contributed by atoms with Crippen LogP contribution in [0.25, 0.3) is 0 Å². The molecule has 0 radical (unpaired) electrons. The molecule has 0 spiro atoms. The Labute approximate surface area is 122 Å². The van der Waals surface area contributed by atoms with Crippen LogP contribution in [0.4, 0.5) is 0 Å². The van der Waals surface area contributed by atoms with Gasteiger partial charge in [-0.2, -0.15) is 5.10 Å². The third kappa shape index (κ3) is 3.61. The summed E-state index contributed by atoms with van der Waals surface area (Å²) in [6.45, 7) is 7.76. The molecule has 0 aliphatic rings. The highest BCUT2D eigenvalue weighted by Crippen LogP contribution is 2.23. The van der Waals surface area contributed by atoms with Gasteiger partial charge < -0.3 is 5.32 Å². The van der Waals surface area contributed by atoms with E-state index in [1.807, 2.05) is 16.9 Å². The van der Waals surface area contributed by atoms with Crippen LogP contribution >= 0.6 is 0 Å². The largest absolute Gasteiger partial charge is 0.315 e. The van der Waals surface area contributed by atoms with E-state index >= 15 is 0 Å². The van der Waals surface area contributed by atoms with Crippen molar-refractivity contribution in [2.45, 2.75) is 57.4 Å². The van der Waals surface area contributed by atoms with E-state index < -0.39 is 14.6 Å². The van der Waals surface area contributed by atoms with E-state index in [9.17, 15) is 8.42 Å². The highest BCUT2D eigenvalue weighted by Gasteiger charge is 2.38. The van der Waals surface area contributed by atoms with Crippen LogP contribution in [0.2, 0.25) is 0 Å².